The number of amides is 1. The van der Waals surface area contributed by atoms with Gasteiger partial charge >= 0.3 is 0 Å². The van der Waals surface area contributed by atoms with E-state index in [9.17, 15) is 4.79 Å². The number of aliphatic hydroxyl groups is 1. The molecule has 0 saturated heterocycles. The van der Waals surface area contributed by atoms with Crippen molar-refractivity contribution in [2.45, 2.75) is 6.42 Å². The van der Waals surface area contributed by atoms with Crippen LogP contribution >= 0.6 is 0 Å². The zero-order chi connectivity index (χ0) is 14.1. The second-order valence-electron chi connectivity index (χ2n) is 4.25. The molecule has 106 valence electrons. The average Bonchev–Trinajstić information content (AvgIpc) is 2.42. The molecule has 0 unspecified atom stereocenters. The Bertz CT molecular complexity index is 379. The van der Waals surface area contributed by atoms with Crippen LogP contribution in [0.4, 0.5) is 5.82 Å². The maximum atomic E-state index is 11.6. The highest BCUT2D eigenvalue weighted by atomic mass is 16.5. The minimum atomic E-state index is -0.0588. The second-order valence-corrected chi connectivity index (χ2v) is 4.25. The Balaban J connectivity index is 2.30. The van der Waals surface area contributed by atoms with E-state index in [0.717, 1.165) is 18.8 Å². The first-order valence-corrected chi connectivity index (χ1v) is 6.25. The van der Waals surface area contributed by atoms with E-state index in [-0.39, 0.29) is 12.5 Å². The Kier molecular flexibility index (Phi) is 6.84. The van der Waals surface area contributed by atoms with E-state index in [1.807, 2.05) is 0 Å². The predicted molar refractivity (Wildman–Crippen MR) is 73.3 cm³/mol. The molecule has 0 radical (unpaired) electrons. The molecule has 1 aromatic rings. The van der Waals surface area contributed by atoms with Gasteiger partial charge in [0.2, 0.25) is 0 Å². The number of anilines is 1. The number of hydrogen-bond donors (Lipinski definition) is 2. The van der Waals surface area contributed by atoms with Crippen molar-refractivity contribution in [3.05, 3.63) is 23.9 Å². The smallest absolute Gasteiger partial charge is 0.254 e. The molecular weight excluding hydrogens is 246 g/mol. The Morgan fingerprint density at radius 1 is 1.42 bits per heavy atom. The minimum Gasteiger partial charge on any atom is -0.394 e. The third kappa shape index (κ3) is 5.67. The molecule has 0 aromatic carbocycles. The number of aromatic nitrogens is 1. The van der Waals surface area contributed by atoms with Gasteiger partial charge in [-0.1, -0.05) is 0 Å². The van der Waals surface area contributed by atoms with Crippen molar-refractivity contribution in [2.75, 3.05) is 45.8 Å². The highest BCUT2D eigenvalue weighted by Gasteiger charge is 2.07. The van der Waals surface area contributed by atoms with Crippen LogP contribution in [0.5, 0.6) is 0 Å². The van der Waals surface area contributed by atoms with Crippen LogP contribution in [0.3, 0.4) is 0 Å². The third-order valence-electron chi connectivity index (χ3n) is 2.42. The minimum absolute atomic E-state index is 0.0519. The van der Waals surface area contributed by atoms with Crippen molar-refractivity contribution in [3.63, 3.8) is 0 Å². The molecule has 0 bridgehead atoms. The van der Waals surface area contributed by atoms with Gasteiger partial charge in [-0.3, -0.25) is 4.79 Å². The van der Waals surface area contributed by atoms with E-state index in [1.54, 1.807) is 32.4 Å². The topological polar surface area (TPSA) is 74.7 Å². The first kappa shape index (κ1) is 15.4. The second kappa shape index (κ2) is 8.44. The van der Waals surface area contributed by atoms with Crippen molar-refractivity contribution < 1.29 is 14.6 Å². The summed E-state index contributed by atoms with van der Waals surface area (Å²) in [6.07, 6.45) is 2.40. The molecule has 1 heterocycles. The molecule has 0 saturated carbocycles. The maximum absolute atomic E-state index is 11.6. The molecule has 6 nitrogen and oxygen atoms in total. The number of rotatable bonds is 8. The van der Waals surface area contributed by atoms with E-state index in [1.165, 1.54) is 4.90 Å². The zero-order valence-electron chi connectivity index (χ0n) is 11.4. The number of aliphatic hydroxyl groups excluding tert-OH is 1. The van der Waals surface area contributed by atoms with Crippen molar-refractivity contribution in [3.8, 4) is 0 Å². The van der Waals surface area contributed by atoms with E-state index in [4.69, 9.17) is 9.84 Å². The summed E-state index contributed by atoms with van der Waals surface area (Å²) in [6.45, 7) is 1.76. The highest BCUT2D eigenvalue weighted by Crippen LogP contribution is 2.06. The number of carbonyl (C=O) groups is 1. The number of carbonyl (C=O) groups excluding carboxylic acids is 1. The van der Waals surface area contributed by atoms with Crippen molar-refractivity contribution in [2.24, 2.45) is 0 Å². The van der Waals surface area contributed by atoms with Crippen molar-refractivity contribution >= 4 is 11.7 Å². The fraction of sp³-hybridized carbons (Fsp3) is 0.538. The van der Waals surface area contributed by atoms with Gasteiger partial charge in [-0.2, -0.15) is 0 Å². The average molecular weight is 267 g/mol. The molecule has 0 aliphatic heterocycles. The maximum Gasteiger partial charge on any atom is 0.254 e. The molecule has 6 heteroatoms. The van der Waals surface area contributed by atoms with Gasteiger partial charge in [0.25, 0.3) is 5.91 Å². The van der Waals surface area contributed by atoms with Crippen LogP contribution in [0.2, 0.25) is 0 Å². The summed E-state index contributed by atoms with van der Waals surface area (Å²) in [5, 5.41) is 11.7. The SMILES string of the molecule is CN(C)C(=O)c1ccc(NCCCOCCO)nc1. The molecule has 0 atom stereocenters. The summed E-state index contributed by atoms with van der Waals surface area (Å²) >= 11 is 0. The lowest BCUT2D eigenvalue weighted by Gasteiger charge is -2.10. The molecule has 0 fully saturated rings. The number of nitrogens with zero attached hydrogens (tertiary/aromatic N) is 2. The molecule has 1 rings (SSSR count). The van der Waals surface area contributed by atoms with Crippen molar-refractivity contribution in [1.29, 1.82) is 0 Å². The van der Waals surface area contributed by atoms with Crippen LogP contribution < -0.4 is 5.32 Å². The van der Waals surface area contributed by atoms with Gasteiger partial charge in [0, 0.05) is 33.4 Å². The predicted octanol–water partition coefficient (Wildman–Crippen LogP) is 0.594. The third-order valence-corrected chi connectivity index (χ3v) is 2.42. The summed E-state index contributed by atoms with van der Waals surface area (Å²) in [6, 6.07) is 3.53. The fourth-order valence-electron chi connectivity index (χ4n) is 1.44. The van der Waals surface area contributed by atoms with Crippen LogP contribution in [0.15, 0.2) is 18.3 Å². The number of nitrogens with one attached hydrogen (secondary N) is 1. The lowest BCUT2D eigenvalue weighted by molar-refractivity contribution is 0.0827. The van der Waals surface area contributed by atoms with E-state index in [0.29, 0.717) is 18.8 Å². The lowest BCUT2D eigenvalue weighted by atomic mass is 10.2. The first-order valence-electron chi connectivity index (χ1n) is 6.25. The van der Waals surface area contributed by atoms with Crippen molar-refractivity contribution in [1.82, 2.24) is 9.88 Å². The molecule has 0 aliphatic rings. The monoisotopic (exact) mass is 267 g/mol. The van der Waals surface area contributed by atoms with Crippen LogP contribution in [0.1, 0.15) is 16.8 Å². The van der Waals surface area contributed by atoms with E-state index < -0.39 is 0 Å². The van der Waals surface area contributed by atoms with Gasteiger partial charge < -0.3 is 20.1 Å². The van der Waals surface area contributed by atoms with Gasteiger partial charge in [0.1, 0.15) is 5.82 Å². The number of hydrogen-bond acceptors (Lipinski definition) is 5. The molecule has 0 spiro atoms. The number of pyridine rings is 1. The van der Waals surface area contributed by atoms with Gasteiger partial charge in [0.15, 0.2) is 0 Å². The Hall–Kier alpha value is -1.66. The van der Waals surface area contributed by atoms with Gasteiger partial charge in [-0.15, -0.1) is 0 Å². The Morgan fingerprint density at radius 2 is 2.21 bits per heavy atom. The summed E-state index contributed by atoms with van der Waals surface area (Å²) < 4.78 is 5.14. The standard InChI is InChI=1S/C13H21N3O3/c1-16(2)13(18)11-4-5-12(15-10-11)14-6-3-8-19-9-7-17/h4-5,10,17H,3,6-9H2,1-2H3,(H,14,15). The van der Waals surface area contributed by atoms with Gasteiger partial charge in [-0.25, -0.2) is 4.98 Å². The van der Waals surface area contributed by atoms with Crippen LogP contribution in [0.25, 0.3) is 0 Å². The Labute approximate surface area is 113 Å². The molecule has 1 aromatic heterocycles. The molecule has 0 aliphatic carbocycles. The van der Waals surface area contributed by atoms with Crippen LogP contribution in [-0.2, 0) is 4.74 Å². The van der Waals surface area contributed by atoms with Gasteiger partial charge in [0.05, 0.1) is 18.8 Å². The summed E-state index contributed by atoms with van der Waals surface area (Å²) in [7, 11) is 3.42. The summed E-state index contributed by atoms with van der Waals surface area (Å²) in [5.41, 5.74) is 0.571. The van der Waals surface area contributed by atoms with E-state index in [2.05, 4.69) is 10.3 Å². The molecular formula is C13H21N3O3. The quantitative estimate of drug-likeness (QED) is 0.674. The largest absolute Gasteiger partial charge is 0.394 e. The zero-order valence-corrected chi connectivity index (χ0v) is 11.4. The summed E-state index contributed by atoms with van der Waals surface area (Å²) in [5.74, 6) is 0.675. The van der Waals surface area contributed by atoms with Crippen LogP contribution in [-0.4, -0.2) is 61.4 Å². The lowest BCUT2D eigenvalue weighted by Crippen LogP contribution is -2.21. The molecule has 19 heavy (non-hydrogen) atoms. The highest BCUT2D eigenvalue weighted by molar-refractivity contribution is 5.93. The molecule has 1 amide bonds. The van der Waals surface area contributed by atoms with Gasteiger partial charge in [-0.05, 0) is 18.6 Å². The first-order chi connectivity index (χ1) is 9.15. The van der Waals surface area contributed by atoms with Crippen LogP contribution in [0, 0.1) is 0 Å². The van der Waals surface area contributed by atoms with E-state index >= 15 is 0 Å². The normalized spacial score (nSPS) is 10.3. The summed E-state index contributed by atoms with van der Waals surface area (Å²) in [4.78, 5) is 17.3. The Morgan fingerprint density at radius 3 is 2.79 bits per heavy atom. The number of ether oxygens (including phenoxy) is 1. The molecule has 2 N–H and O–H groups in total. The fourth-order valence-corrected chi connectivity index (χ4v) is 1.44.